The van der Waals surface area contributed by atoms with Crippen molar-refractivity contribution in [3.05, 3.63) is 0 Å². The van der Waals surface area contributed by atoms with Gasteiger partial charge in [0.2, 0.25) is 0 Å². The largest absolute Gasteiger partial charge is 0.391 e. The minimum absolute atomic E-state index is 0.266. The van der Waals surface area contributed by atoms with Gasteiger partial charge in [-0.05, 0) is 38.0 Å². The molecule has 58 valence electrons. The summed E-state index contributed by atoms with van der Waals surface area (Å²) in [6, 6.07) is 0. The second-order valence-corrected chi connectivity index (χ2v) is 4.85. The summed E-state index contributed by atoms with van der Waals surface area (Å²) in [7, 11) is 0. The van der Waals surface area contributed by atoms with Gasteiger partial charge in [-0.15, -0.1) is 11.6 Å². The fraction of sp³-hybridized carbons (Fsp3) is 1.00. The summed E-state index contributed by atoms with van der Waals surface area (Å²) in [6.07, 6.45) is 2.99. The molecule has 2 rings (SSSR count). The Kier molecular flexibility index (Phi) is 1.31. The van der Waals surface area contributed by atoms with E-state index in [4.69, 9.17) is 11.6 Å². The van der Waals surface area contributed by atoms with Crippen LogP contribution in [0.2, 0.25) is 0 Å². The summed E-state index contributed by atoms with van der Waals surface area (Å²) in [6.45, 7) is 1.95. The molecule has 4 unspecified atom stereocenters. The maximum absolute atomic E-state index is 9.50. The van der Waals surface area contributed by atoms with Gasteiger partial charge in [0.1, 0.15) is 0 Å². The fourth-order valence-electron chi connectivity index (χ4n) is 2.03. The van der Waals surface area contributed by atoms with Gasteiger partial charge in [-0.2, -0.15) is 0 Å². The van der Waals surface area contributed by atoms with Gasteiger partial charge in [0.15, 0.2) is 0 Å². The Hall–Kier alpha value is 0.250. The van der Waals surface area contributed by atoms with E-state index in [0.29, 0.717) is 0 Å². The van der Waals surface area contributed by atoms with Gasteiger partial charge in [0, 0.05) is 0 Å². The van der Waals surface area contributed by atoms with Crippen molar-refractivity contribution in [1.82, 2.24) is 0 Å². The molecule has 2 aliphatic rings. The molecule has 4 atom stereocenters. The predicted molar refractivity (Wildman–Crippen MR) is 41.1 cm³/mol. The maximum Gasteiger partial charge on any atom is 0.0732 e. The van der Waals surface area contributed by atoms with Crippen LogP contribution in [0, 0.1) is 11.8 Å². The van der Waals surface area contributed by atoms with E-state index in [0.717, 1.165) is 24.7 Å². The van der Waals surface area contributed by atoms with Crippen molar-refractivity contribution < 1.29 is 5.11 Å². The number of halogens is 1. The van der Waals surface area contributed by atoms with E-state index in [1.165, 1.54) is 6.42 Å². The van der Waals surface area contributed by atoms with Gasteiger partial charge in [-0.3, -0.25) is 0 Å². The smallest absolute Gasteiger partial charge is 0.0732 e. The third kappa shape index (κ3) is 0.960. The van der Waals surface area contributed by atoms with Crippen LogP contribution in [0.15, 0.2) is 0 Å². The normalized spacial score (nSPS) is 59.7. The molecule has 0 radical (unpaired) electrons. The van der Waals surface area contributed by atoms with E-state index in [9.17, 15) is 5.11 Å². The first-order valence-corrected chi connectivity index (χ1v) is 4.34. The molecule has 0 bridgehead atoms. The number of hydrogen-bond donors (Lipinski definition) is 1. The molecule has 2 saturated carbocycles. The molecule has 0 aromatic heterocycles. The molecular formula is C8H13ClO. The summed E-state index contributed by atoms with van der Waals surface area (Å²) in [5.74, 6) is 1.65. The average Bonchev–Trinajstić information content (AvgIpc) is 2.44. The summed E-state index contributed by atoms with van der Waals surface area (Å²) >= 11 is 6.09. The Bertz CT molecular complexity index is 155. The van der Waals surface area contributed by atoms with Gasteiger partial charge in [-0.1, -0.05) is 0 Å². The Morgan fingerprint density at radius 1 is 1.40 bits per heavy atom. The van der Waals surface area contributed by atoms with Gasteiger partial charge in [0.25, 0.3) is 0 Å². The molecule has 0 spiro atoms. The van der Waals surface area contributed by atoms with Crippen molar-refractivity contribution >= 4 is 11.6 Å². The van der Waals surface area contributed by atoms with E-state index in [1.54, 1.807) is 0 Å². The SMILES string of the molecule is CC1(Cl)CC2CC2CC1O. The molecule has 0 aromatic rings. The van der Waals surface area contributed by atoms with Crippen molar-refractivity contribution in [3.63, 3.8) is 0 Å². The highest BCUT2D eigenvalue weighted by Gasteiger charge is 2.50. The minimum Gasteiger partial charge on any atom is -0.391 e. The second-order valence-electron chi connectivity index (χ2n) is 3.99. The molecule has 1 N–H and O–H groups in total. The molecule has 2 heteroatoms. The lowest BCUT2D eigenvalue weighted by molar-refractivity contribution is 0.0899. The molecule has 0 heterocycles. The zero-order valence-corrected chi connectivity index (χ0v) is 6.93. The van der Waals surface area contributed by atoms with Crippen LogP contribution in [0.3, 0.4) is 0 Å². The highest BCUT2D eigenvalue weighted by atomic mass is 35.5. The van der Waals surface area contributed by atoms with Crippen LogP contribution >= 0.6 is 11.6 Å². The number of aliphatic hydroxyl groups excluding tert-OH is 1. The lowest BCUT2D eigenvalue weighted by atomic mass is 9.87. The van der Waals surface area contributed by atoms with E-state index < -0.39 is 0 Å². The van der Waals surface area contributed by atoms with Gasteiger partial charge >= 0.3 is 0 Å². The molecular weight excluding hydrogens is 148 g/mol. The minimum atomic E-state index is -0.322. The van der Waals surface area contributed by atoms with Crippen LogP contribution in [0.4, 0.5) is 0 Å². The maximum atomic E-state index is 9.50. The van der Waals surface area contributed by atoms with Crippen molar-refractivity contribution in [2.75, 3.05) is 0 Å². The van der Waals surface area contributed by atoms with Crippen LogP contribution in [0.5, 0.6) is 0 Å². The van der Waals surface area contributed by atoms with Crippen LogP contribution in [0.1, 0.15) is 26.2 Å². The summed E-state index contributed by atoms with van der Waals surface area (Å²) in [5.41, 5.74) is 0. The molecule has 0 aliphatic heterocycles. The lowest BCUT2D eigenvalue weighted by Crippen LogP contribution is -2.37. The standard InChI is InChI=1S/C8H13ClO/c1-8(9)4-6-2-5(6)3-7(8)10/h5-7,10H,2-4H2,1H3. The lowest BCUT2D eigenvalue weighted by Gasteiger charge is -2.31. The number of hydrogen-bond acceptors (Lipinski definition) is 1. The van der Waals surface area contributed by atoms with Crippen LogP contribution in [0.25, 0.3) is 0 Å². The molecule has 0 aromatic carbocycles. The average molecular weight is 161 g/mol. The van der Waals surface area contributed by atoms with Gasteiger partial charge in [0.05, 0.1) is 11.0 Å². The first kappa shape index (κ1) is 6.93. The quantitative estimate of drug-likeness (QED) is 0.536. The van der Waals surface area contributed by atoms with Crippen LogP contribution < -0.4 is 0 Å². The van der Waals surface area contributed by atoms with Gasteiger partial charge < -0.3 is 5.11 Å². The number of aliphatic hydroxyl groups is 1. The predicted octanol–water partition coefficient (Wildman–Crippen LogP) is 1.77. The van der Waals surface area contributed by atoms with E-state index in [-0.39, 0.29) is 11.0 Å². The van der Waals surface area contributed by atoms with E-state index in [2.05, 4.69) is 0 Å². The van der Waals surface area contributed by atoms with Crippen molar-refractivity contribution in [2.45, 2.75) is 37.2 Å². The first-order chi connectivity index (χ1) is 4.59. The zero-order chi connectivity index (χ0) is 7.35. The molecule has 1 nitrogen and oxygen atoms in total. The molecule has 2 aliphatic carbocycles. The summed E-state index contributed by atoms with van der Waals surface area (Å²) in [4.78, 5) is -0.322. The van der Waals surface area contributed by atoms with Crippen LogP contribution in [-0.4, -0.2) is 16.1 Å². The second kappa shape index (κ2) is 1.89. The Balaban J connectivity index is 2.08. The number of rotatable bonds is 0. The number of fused-ring (bicyclic) bond motifs is 1. The Morgan fingerprint density at radius 3 is 2.70 bits per heavy atom. The third-order valence-electron chi connectivity index (χ3n) is 2.95. The highest BCUT2D eigenvalue weighted by molar-refractivity contribution is 6.24. The van der Waals surface area contributed by atoms with Crippen molar-refractivity contribution in [2.24, 2.45) is 11.8 Å². The topological polar surface area (TPSA) is 20.2 Å². The third-order valence-corrected chi connectivity index (χ3v) is 3.36. The van der Waals surface area contributed by atoms with Gasteiger partial charge in [-0.25, -0.2) is 0 Å². The highest BCUT2D eigenvalue weighted by Crippen LogP contribution is 2.54. The summed E-state index contributed by atoms with van der Waals surface area (Å²) in [5, 5.41) is 9.50. The van der Waals surface area contributed by atoms with Crippen molar-refractivity contribution in [3.8, 4) is 0 Å². The monoisotopic (exact) mass is 160 g/mol. The molecule has 0 amide bonds. The fourth-order valence-corrected chi connectivity index (χ4v) is 2.32. The molecule has 2 fully saturated rings. The van der Waals surface area contributed by atoms with E-state index in [1.807, 2.05) is 6.92 Å². The summed E-state index contributed by atoms with van der Waals surface area (Å²) < 4.78 is 0. The van der Waals surface area contributed by atoms with Crippen LogP contribution in [-0.2, 0) is 0 Å². The number of alkyl halides is 1. The Labute approximate surface area is 66.4 Å². The Morgan fingerprint density at radius 2 is 2.10 bits per heavy atom. The van der Waals surface area contributed by atoms with Crippen molar-refractivity contribution in [1.29, 1.82) is 0 Å². The first-order valence-electron chi connectivity index (χ1n) is 3.96. The zero-order valence-electron chi connectivity index (χ0n) is 6.18. The van der Waals surface area contributed by atoms with E-state index >= 15 is 0 Å². The molecule has 0 saturated heterocycles. The molecule has 10 heavy (non-hydrogen) atoms.